The molecule has 0 fully saturated rings. The van der Waals surface area contributed by atoms with Crippen LogP contribution in [0.25, 0.3) is 0 Å². The molecule has 0 saturated heterocycles. The molecule has 0 aliphatic heterocycles. The summed E-state index contributed by atoms with van der Waals surface area (Å²) in [5, 5.41) is 2.94. The lowest BCUT2D eigenvalue weighted by molar-refractivity contribution is -0.123. The fourth-order valence-corrected chi connectivity index (χ4v) is 0.908. The number of nitrogens with one attached hydrogen (secondary N) is 1. The Morgan fingerprint density at radius 1 is 1.00 bits per heavy atom. The van der Waals surface area contributed by atoms with Crippen LogP contribution in [-0.2, 0) is 4.79 Å². The van der Waals surface area contributed by atoms with Crippen LogP contribution in [0.5, 0.6) is 0 Å². The van der Waals surface area contributed by atoms with E-state index in [0.29, 0.717) is 6.42 Å². The predicted octanol–water partition coefficient (Wildman–Crippen LogP) is 3.22. The molecule has 1 N–H and O–H groups in total. The van der Waals surface area contributed by atoms with Crippen molar-refractivity contribution in [2.45, 2.75) is 55.4 Å². The summed E-state index contributed by atoms with van der Waals surface area (Å²) in [6, 6.07) is 0. The third kappa shape index (κ3) is 11.5. The second-order valence-corrected chi connectivity index (χ2v) is 6.07. The molecule has 0 aromatic rings. The summed E-state index contributed by atoms with van der Waals surface area (Å²) in [4.78, 5) is 11.4. The van der Waals surface area contributed by atoms with E-state index in [1.807, 2.05) is 0 Å². The van der Waals surface area contributed by atoms with E-state index in [-0.39, 0.29) is 24.2 Å². The Balaban J connectivity index is 0. The zero-order valence-corrected chi connectivity index (χ0v) is 9.82. The van der Waals surface area contributed by atoms with Gasteiger partial charge in [0.2, 0.25) is 5.91 Å². The lowest BCUT2D eigenvalue weighted by Gasteiger charge is -2.21. The van der Waals surface area contributed by atoms with Crippen molar-refractivity contribution in [1.82, 2.24) is 5.32 Å². The van der Waals surface area contributed by atoms with E-state index in [0.717, 1.165) is 6.54 Å². The largest absolute Gasteiger partial charge is 0.356 e. The van der Waals surface area contributed by atoms with E-state index in [4.69, 9.17) is 0 Å². The quantitative estimate of drug-likeness (QED) is 0.730. The van der Waals surface area contributed by atoms with Gasteiger partial charge in [0.05, 0.1) is 0 Å². The van der Waals surface area contributed by atoms with E-state index in [2.05, 4.69) is 46.9 Å². The minimum atomic E-state index is 0. The summed E-state index contributed by atoms with van der Waals surface area (Å²) in [5.74, 6) is 0.155. The minimum Gasteiger partial charge on any atom is -0.356 e. The van der Waals surface area contributed by atoms with Gasteiger partial charge in [0, 0.05) is 13.0 Å². The van der Waals surface area contributed by atoms with Crippen molar-refractivity contribution in [3.63, 3.8) is 0 Å². The van der Waals surface area contributed by atoms with Crippen LogP contribution in [0.3, 0.4) is 0 Å². The van der Waals surface area contributed by atoms with E-state index < -0.39 is 0 Å². The predicted molar refractivity (Wildman–Crippen MR) is 63.3 cm³/mol. The number of carbonyl (C=O) groups is 1. The monoisotopic (exact) mass is 201 g/mol. The van der Waals surface area contributed by atoms with E-state index in [9.17, 15) is 4.79 Å². The number of amides is 1. The van der Waals surface area contributed by atoms with Gasteiger partial charge in [0.15, 0.2) is 0 Å². The highest BCUT2D eigenvalue weighted by Crippen LogP contribution is 2.18. The standard InChI is InChI=1S/C11H23NO.CH4/c1-10(2,3)7-9(13)12-8-11(4,5)6;/h7-8H2,1-6H3,(H,12,13);1H4. The van der Waals surface area contributed by atoms with Crippen molar-refractivity contribution in [2.24, 2.45) is 10.8 Å². The molecule has 0 spiro atoms. The van der Waals surface area contributed by atoms with Gasteiger partial charge in [-0.25, -0.2) is 0 Å². The van der Waals surface area contributed by atoms with Gasteiger partial charge in [-0.2, -0.15) is 0 Å². The first-order chi connectivity index (χ1) is 5.60. The lowest BCUT2D eigenvalue weighted by atomic mass is 9.91. The summed E-state index contributed by atoms with van der Waals surface area (Å²) in [5.41, 5.74) is 0.259. The second-order valence-electron chi connectivity index (χ2n) is 6.07. The Kier molecular flexibility index (Phi) is 6.11. The molecule has 0 aromatic carbocycles. The molecule has 0 saturated carbocycles. The van der Waals surface area contributed by atoms with Gasteiger partial charge >= 0.3 is 0 Å². The van der Waals surface area contributed by atoms with Gasteiger partial charge in [-0.1, -0.05) is 49.0 Å². The van der Waals surface area contributed by atoms with Gasteiger partial charge in [-0.15, -0.1) is 0 Å². The summed E-state index contributed by atoms with van der Waals surface area (Å²) in [6.45, 7) is 13.3. The van der Waals surface area contributed by atoms with Gasteiger partial charge < -0.3 is 5.32 Å². The van der Waals surface area contributed by atoms with Crippen LogP contribution < -0.4 is 5.32 Å². The van der Waals surface area contributed by atoms with Crippen LogP contribution in [0.2, 0.25) is 0 Å². The molecule has 0 aliphatic carbocycles. The Hall–Kier alpha value is -0.530. The molecule has 2 nitrogen and oxygen atoms in total. The molecule has 0 radical (unpaired) electrons. The molecule has 0 atom stereocenters. The summed E-state index contributed by atoms with van der Waals surface area (Å²) in [6.07, 6.45) is 0.600. The molecule has 14 heavy (non-hydrogen) atoms. The Bertz CT molecular complexity index is 172. The van der Waals surface area contributed by atoms with Crippen LogP contribution in [-0.4, -0.2) is 12.5 Å². The van der Waals surface area contributed by atoms with Crippen molar-refractivity contribution in [2.75, 3.05) is 6.54 Å². The van der Waals surface area contributed by atoms with Gasteiger partial charge in [0.1, 0.15) is 0 Å². The third-order valence-corrected chi connectivity index (χ3v) is 1.51. The molecule has 0 aliphatic rings. The number of hydrogen-bond donors (Lipinski definition) is 1. The van der Waals surface area contributed by atoms with E-state index in [1.165, 1.54) is 0 Å². The molecule has 86 valence electrons. The van der Waals surface area contributed by atoms with Gasteiger partial charge in [0.25, 0.3) is 0 Å². The smallest absolute Gasteiger partial charge is 0.220 e. The maximum absolute atomic E-state index is 11.4. The molecule has 0 unspecified atom stereocenters. The highest BCUT2D eigenvalue weighted by Gasteiger charge is 2.17. The van der Waals surface area contributed by atoms with Crippen LogP contribution in [0.15, 0.2) is 0 Å². The molecule has 0 aromatic heterocycles. The van der Waals surface area contributed by atoms with Crippen LogP contribution >= 0.6 is 0 Å². The molecule has 2 heteroatoms. The Morgan fingerprint density at radius 3 is 1.71 bits per heavy atom. The number of rotatable bonds is 2. The Morgan fingerprint density at radius 2 is 1.43 bits per heavy atom. The first-order valence-electron chi connectivity index (χ1n) is 4.87. The maximum atomic E-state index is 11.4. The first kappa shape index (κ1) is 15.9. The SMILES string of the molecule is C.CC(C)(C)CNC(=O)CC(C)(C)C. The van der Waals surface area contributed by atoms with Crippen molar-refractivity contribution < 1.29 is 4.79 Å². The lowest BCUT2D eigenvalue weighted by Crippen LogP contribution is -2.34. The normalized spacial score (nSPS) is 11.9. The van der Waals surface area contributed by atoms with Crippen molar-refractivity contribution >= 4 is 5.91 Å². The van der Waals surface area contributed by atoms with E-state index in [1.54, 1.807) is 0 Å². The molecular formula is C12H27NO. The molecule has 0 heterocycles. The summed E-state index contributed by atoms with van der Waals surface area (Å²) < 4.78 is 0. The highest BCUT2D eigenvalue weighted by atomic mass is 16.1. The minimum absolute atomic E-state index is 0. The fourth-order valence-electron chi connectivity index (χ4n) is 0.908. The van der Waals surface area contributed by atoms with E-state index >= 15 is 0 Å². The maximum Gasteiger partial charge on any atom is 0.220 e. The number of hydrogen-bond acceptors (Lipinski definition) is 1. The highest BCUT2D eigenvalue weighted by molar-refractivity contribution is 5.76. The molecule has 1 amide bonds. The molecular weight excluding hydrogens is 174 g/mol. The Labute approximate surface area is 89.5 Å². The molecule has 0 rings (SSSR count). The molecule has 0 bridgehead atoms. The number of carbonyl (C=O) groups excluding carboxylic acids is 1. The zero-order valence-electron chi connectivity index (χ0n) is 9.82. The zero-order chi connectivity index (χ0) is 10.7. The van der Waals surface area contributed by atoms with Crippen molar-refractivity contribution in [3.8, 4) is 0 Å². The first-order valence-corrected chi connectivity index (χ1v) is 4.87. The topological polar surface area (TPSA) is 29.1 Å². The van der Waals surface area contributed by atoms with Gasteiger partial charge in [-0.3, -0.25) is 4.79 Å². The summed E-state index contributed by atoms with van der Waals surface area (Å²) in [7, 11) is 0. The van der Waals surface area contributed by atoms with Crippen molar-refractivity contribution in [3.05, 3.63) is 0 Å². The van der Waals surface area contributed by atoms with Crippen LogP contribution in [0, 0.1) is 10.8 Å². The van der Waals surface area contributed by atoms with Crippen LogP contribution in [0.1, 0.15) is 55.4 Å². The average molecular weight is 201 g/mol. The fraction of sp³-hybridized carbons (Fsp3) is 0.917. The van der Waals surface area contributed by atoms with Crippen molar-refractivity contribution in [1.29, 1.82) is 0 Å². The second kappa shape index (κ2) is 5.38. The van der Waals surface area contributed by atoms with Gasteiger partial charge in [-0.05, 0) is 10.8 Å². The van der Waals surface area contributed by atoms with Crippen LogP contribution in [0.4, 0.5) is 0 Å². The average Bonchev–Trinajstić information content (AvgIpc) is 1.78. The third-order valence-electron chi connectivity index (χ3n) is 1.51. The summed E-state index contributed by atoms with van der Waals surface area (Å²) >= 11 is 0.